The van der Waals surface area contributed by atoms with Gasteiger partial charge in [-0.05, 0) is 23.3 Å². The Bertz CT molecular complexity index is 751. The maximum atomic E-state index is 10.8. The lowest BCUT2D eigenvalue weighted by atomic mass is 9.95. The summed E-state index contributed by atoms with van der Waals surface area (Å²) >= 11 is 0. The molecule has 3 aromatic rings. The van der Waals surface area contributed by atoms with Crippen LogP contribution in [0.3, 0.4) is 0 Å². The molecule has 2 atom stereocenters. The van der Waals surface area contributed by atoms with Gasteiger partial charge in [0.1, 0.15) is 6.10 Å². The Morgan fingerprint density at radius 2 is 1.85 bits per heavy atom. The maximum Gasteiger partial charge on any atom is 0.104 e. The van der Waals surface area contributed by atoms with E-state index in [9.17, 15) is 5.11 Å². The fourth-order valence-corrected chi connectivity index (χ4v) is 2.94. The highest BCUT2D eigenvalue weighted by molar-refractivity contribution is 5.69. The second kappa shape index (κ2) is 4.28. The van der Waals surface area contributed by atoms with E-state index >= 15 is 0 Å². The highest BCUT2D eigenvalue weighted by Gasteiger charge is 2.33. The van der Waals surface area contributed by atoms with E-state index in [0.717, 1.165) is 22.4 Å². The standard InChI is InChI=1S/C16H13N3O/c20-16(11-5-7-17-8-6-11)15-13-4-2-1-3-12(13)14-9-18-10-19(14)15/h1-10,15-16,20H/t15-,16-/m1/s1. The topological polar surface area (TPSA) is 50.9 Å². The van der Waals surface area contributed by atoms with Crippen molar-refractivity contribution in [3.05, 3.63) is 72.4 Å². The number of fused-ring (bicyclic) bond motifs is 3. The molecule has 3 heterocycles. The van der Waals surface area contributed by atoms with Crippen LogP contribution >= 0.6 is 0 Å². The number of benzene rings is 1. The van der Waals surface area contributed by atoms with E-state index in [0.29, 0.717) is 0 Å². The molecule has 0 fully saturated rings. The summed E-state index contributed by atoms with van der Waals surface area (Å²) in [4.78, 5) is 8.21. The van der Waals surface area contributed by atoms with Gasteiger partial charge in [-0.2, -0.15) is 0 Å². The molecule has 4 nitrogen and oxygen atoms in total. The van der Waals surface area contributed by atoms with E-state index in [-0.39, 0.29) is 6.04 Å². The van der Waals surface area contributed by atoms with Crippen LogP contribution in [-0.2, 0) is 0 Å². The van der Waals surface area contributed by atoms with Gasteiger partial charge in [0.25, 0.3) is 0 Å². The Balaban J connectivity index is 1.87. The smallest absolute Gasteiger partial charge is 0.104 e. The largest absolute Gasteiger partial charge is 0.386 e. The zero-order valence-electron chi connectivity index (χ0n) is 10.7. The second-order valence-corrected chi connectivity index (χ2v) is 4.94. The molecule has 20 heavy (non-hydrogen) atoms. The van der Waals surface area contributed by atoms with Crippen LogP contribution in [0.5, 0.6) is 0 Å². The summed E-state index contributed by atoms with van der Waals surface area (Å²) < 4.78 is 2.04. The number of nitrogens with zero attached hydrogens (tertiary/aromatic N) is 3. The summed E-state index contributed by atoms with van der Waals surface area (Å²) in [5.74, 6) is 0. The Hall–Kier alpha value is -2.46. The minimum Gasteiger partial charge on any atom is -0.386 e. The summed E-state index contributed by atoms with van der Waals surface area (Å²) in [6, 6.07) is 11.7. The molecule has 0 saturated carbocycles. The number of hydrogen-bond acceptors (Lipinski definition) is 3. The summed E-state index contributed by atoms with van der Waals surface area (Å²) in [7, 11) is 0. The number of pyridine rings is 1. The number of imidazole rings is 1. The third kappa shape index (κ3) is 1.52. The zero-order chi connectivity index (χ0) is 13.5. The van der Waals surface area contributed by atoms with Gasteiger partial charge in [-0.3, -0.25) is 4.98 Å². The lowest BCUT2D eigenvalue weighted by molar-refractivity contribution is 0.135. The van der Waals surface area contributed by atoms with Crippen molar-refractivity contribution in [1.29, 1.82) is 0 Å². The van der Waals surface area contributed by atoms with Gasteiger partial charge in [-0.15, -0.1) is 0 Å². The fraction of sp³-hybridized carbons (Fsp3) is 0.125. The molecule has 1 N–H and O–H groups in total. The Kier molecular flexibility index (Phi) is 2.44. The van der Waals surface area contributed by atoms with E-state index in [4.69, 9.17) is 0 Å². The molecule has 0 radical (unpaired) electrons. The van der Waals surface area contributed by atoms with Crippen LogP contribution in [0.15, 0.2) is 61.3 Å². The van der Waals surface area contributed by atoms with E-state index in [1.54, 1.807) is 18.7 Å². The van der Waals surface area contributed by atoms with Crippen molar-refractivity contribution in [3.63, 3.8) is 0 Å². The third-order valence-electron chi connectivity index (χ3n) is 3.87. The molecule has 0 aliphatic carbocycles. The van der Waals surface area contributed by atoms with Gasteiger partial charge < -0.3 is 9.67 Å². The minimum absolute atomic E-state index is 0.133. The van der Waals surface area contributed by atoms with Gasteiger partial charge in [0.05, 0.1) is 24.3 Å². The molecule has 0 saturated heterocycles. The highest BCUT2D eigenvalue weighted by Crippen LogP contribution is 2.44. The van der Waals surface area contributed by atoms with Gasteiger partial charge in [-0.1, -0.05) is 24.3 Å². The van der Waals surface area contributed by atoms with Gasteiger partial charge in [-0.25, -0.2) is 4.98 Å². The predicted octanol–water partition coefficient (Wildman–Crippen LogP) is 2.58. The molecule has 4 heteroatoms. The summed E-state index contributed by atoms with van der Waals surface area (Å²) in [6.07, 6.45) is 6.42. The highest BCUT2D eigenvalue weighted by atomic mass is 16.3. The number of rotatable bonds is 2. The summed E-state index contributed by atoms with van der Waals surface area (Å²) in [6.45, 7) is 0. The molecule has 0 amide bonds. The van der Waals surface area contributed by atoms with E-state index in [1.807, 2.05) is 35.0 Å². The van der Waals surface area contributed by atoms with Crippen molar-refractivity contribution >= 4 is 0 Å². The first-order valence-corrected chi connectivity index (χ1v) is 6.55. The monoisotopic (exact) mass is 263 g/mol. The minimum atomic E-state index is -0.616. The number of aromatic nitrogens is 3. The van der Waals surface area contributed by atoms with Crippen molar-refractivity contribution < 1.29 is 5.11 Å². The van der Waals surface area contributed by atoms with Crippen molar-refractivity contribution in [2.24, 2.45) is 0 Å². The normalized spacial score (nSPS) is 17.6. The number of hydrogen-bond donors (Lipinski definition) is 1. The van der Waals surface area contributed by atoms with E-state index in [2.05, 4.69) is 22.1 Å². The molecule has 98 valence electrons. The van der Waals surface area contributed by atoms with Crippen LogP contribution in [0.1, 0.15) is 23.3 Å². The van der Waals surface area contributed by atoms with Crippen LogP contribution in [0, 0.1) is 0 Å². The molecule has 1 aliphatic rings. The molecule has 1 aromatic carbocycles. The Labute approximate surface area is 116 Å². The first-order valence-electron chi connectivity index (χ1n) is 6.55. The molecule has 0 unspecified atom stereocenters. The van der Waals surface area contributed by atoms with Crippen LogP contribution in [-0.4, -0.2) is 19.6 Å². The van der Waals surface area contributed by atoms with Crippen LogP contribution in [0.4, 0.5) is 0 Å². The van der Waals surface area contributed by atoms with Crippen LogP contribution in [0.25, 0.3) is 11.3 Å². The lowest BCUT2D eigenvalue weighted by Gasteiger charge is -2.21. The van der Waals surface area contributed by atoms with Crippen molar-refractivity contribution in [1.82, 2.24) is 14.5 Å². The Morgan fingerprint density at radius 3 is 2.70 bits per heavy atom. The van der Waals surface area contributed by atoms with Crippen LogP contribution in [0.2, 0.25) is 0 Å². The zero-order valence-corrected chi connectivity index (χ0v) is 10.7. The maximum absolute atomic E-state index is 10.8. The quantitative estimate of drug-likeness (QED) is 0.773. The predicted molar refractivity (Wildman–Crippen MR) is 75.0 cm³/mol. The molecule has 2 aromatic heterocycles. The second-order valence-electron chi connectivity index (χ2n) is 4.94. The average molecular weight is 263 g/mol. The van der Waals surface area contributed by atoms with Crippen molar-refractivity contribution in [3.8, 4) is 11.3 Å². The lowest BCUT2D eigenvalue weighted by Crippen LogP contribution is -2.15. The first-order chi connectivity index (χ1) is 9.86. The Morgan fingerprint density at radius 1 is 1.05 bits per heavy atom. The summed E-state index contributed by atoms with van der Waals surface area (Å²) in [5.41, 5.74) is 4.19. The first kappa shape index (κ1) is 11.4. The average Bonchev–Trinajstić information content (AvgIpc) is 3.08. The van der Waals surface area contributed by atoms with Gasteiger partial charge >= 0.3 is 0 Å². The van der Waals surface area contributed by atoms with Crippen molar-refractivity contribution in [2.45, 2.75) is 12.1 Å². The van der Waals surface area contributed by atoms with Crippen LogP contribution < -0.4 is 0 Å². The molecule has 1 aliphatic heterocycles. The van der Waals surface area contributed by atoms with Gasteiger partial charge in [0, 0.05) is 18.0 Å². The van der Waals surface area contributed by atoms with E-state index < -0.39 is 6.10 Å². The van der Waals surface area contributed by atoms with E-state index in [1.165, 1.54) is 0 Å². The molecule has 4 rings (SSSR count). The number of aliphatic hydroxyl groups is 1. The van der Waals surface area contributed by atoms with Crippen molar-refractivity contribution in [2.75, 3.05) is 0 Å². The third-order valence-corrected chi connectivity index (χ3v) is 3.87. The fourth-order valence-electron chi connectivity index (χ4n) is 2.94. The molecular weight excluding hydrogens is 250 g/mol. The molecular formula is C16H13N3O. The summed E-state index contributed by atoms with van der Waals surface area (Å²) in [5, 5.41) is 10.8. The molecule has 0 spiro atoms. The molecule has 0 bridgehead atoms. The SMILES string of the molecule is O[C@H](c1ccncc1)[C@H]1c2ccccc2-c2cncn21. The number of aliphatic hydroxyl groups excluding tert-OH is 1. The van der Waals surface area contributed by atoms with Gasteiger partial charge in [0.15, 0.2) is 0 Å². The van der Waals surface area contributed by atoms with Gasteiger partial charge in [0.2, 0.25) is 0 Å².